The molecule has 1 aliphatic heterocycles. The van der Waals surface area contributed by atoms with Gasteiger partial charge in [0.2, 0.25) is 5.91 Å². The van der Waals surface area contributed by atoms with Gasteiger partial charge in [-0.05, 0) is 23.8 Å². The predicted molar refractivity (Wildman–Crippen MR) is 64.7 cm³/mol. The molecule has 0 saturated heterocycles. The largest absolute Gasteiger partial charge is 0.326 e. The van der Waals surface area contributed by atoms with E-state index >= 15 is 0 Å². The van der Waals surface area contributed by atoms with Crippen molar-refractivity contribution in [3.05, 3.63) is 47.5 Å². The van der Waals surface area contributed by atoms with Crippen LogP contribution in [0.1, 0.15) is 23.6 Å². The number of carbonyl (C=O) groups is 1. The van der Waals surface area contributed by atoms with Crippen LogP contribution in [0.2, 0.25) is 0 Å². The number of hydrogen-bond acceptors (Lipinski definition) is 2. The molecule has 2 heterocycles. The van der Waals surface area contributed by atoms with Crippen LogP contribution in [0.25, 0.3) is 0 Å². The number of aromatic nitrogens is 2. The molecule has 0 aliphatic carbocycles. The summed E-state index contributed by atoms with van der Waals surface area (Å²) in [6.07, 6.45) is 2.06. The molecule has 1 atom stereocenters. The molecule has 0 radical (unpaired) electrons. The van der Waals surface area contributed by atoms with Crippen molar-refractivity contribution in [2.75, 3.05) is 5.32 Å². The molecule has 2 aromatic rings. The zero-order valence-corrected chi connectivity index (χ0v) is 9.85. The van der Waals surface area contributed by atoms with E-state index < -0.39 is 0 Å². The number of rotatable bonds is 1. The Hall–Kier alpha value is -2.17. The first-order valence-electron chi connectivity index (χ1n) is 5.72. The number of aryl methyl sites for hydroxylation is 1. The van der Waals surface area contributed by atoms with Crippen molar-refractivity contribution in [2.24, 2.45) is 7.05 Å². The smallest absolute Gasteiger partial charge is 0.225 e. The standard InChI is InChI=1S/C13H12FN3O/c1-17-12(4-5-15-17)10-7-13(18)16-11-6-8(14)2-3-9(10)11/h2-6,10H,7H2,1H3,(H,16,18). The molecule has 1 N–H and O–H groups in total. The summed E-state index contributed by atoms with van der Waals surface area (Å²) in [4.78, 5) is 11.7. The molecule has 92 valence electrons. The molecule has 1 aliphatic rings. The van der Waals surface area contributed by atoms with Gasteiger partial charge in [-0.15, -0.1) is 0 Å². The van der Waals surface area contributed by atoms with E-state index in [0.717, 1.165) is 11.3 Å². The highest BCUT2D eigenvalue weighted by atomic mass is 19.1. The summed E-state index contributed by atoms with van der Waals surface area (Å²) in [5, 5.41) is 6.82. The van der Waals surface area contributed by atoms with Crippen LogP contribution in [-0.4, -0.2) is 15.7 Å². The van der Waals surface area contributed by atoms with Gasteiger partial charge in [0.25, 0.3) is 0 Å². The third-order valence-electron chi connectivity index (χ3n) is 3.27. The summed E-state index contributed by atoms with van der Waals surface area (Å²) < 4.78 is 14.9. The van der Waals surface area contributed by atoms with Crippen LogP contribution in [0.4, 0.5) is 10.1 Å². The summed E-state index contributed by atoms with van der Waals surface area (Å²) >= 11 is 0. The monoisotopic (exact) mass is 245 g/mol. The van der Waals surface area contributed by atoms with Gasteiger partial charge in [0.05, 0.1) is 0 Å². The Balaban J connectivity index is 2.13. The Bertz CT molecular complexity index is 620. The molecule has 0 fully saturated rings. The molecule has 0 saturated carbocycles. The lowest BCUT2D eigenvalue weighted by atomic mass is 9.88. The number of halogens is 1. The number of nitrogens with zero attached hydrogens (tertiary/aromatic N) is 2. The second-order valence-corrected chi connectivity index (χ2v) is 4.42. The number of benzene rings is 1. The van der Waals surface area contributed by atoms with Crippen molar-refractivity contribution in [2.45, 2.75) is 12.3 Å². The van der Waals surface area contributed by atoms with Gasteiger partial charge in [-0.1, -0.05) is 6.07 Å². The fourth-order valence-corrected chi connectivity index (χ4v) is 2.43. The molecule has 1 unspecified atom stereocenters. The van der Waals surface area contributed by atoms with Crippen molar-refractivity contribution >= 4 is 11.6 Å². The highest BCUT2D eigenvalue weighted by Crippen LogP contribution is 2.36. The molecular formula is C13H12FN3O. The van der Waals surface area contributed by atoms with Crippen LogP contribution in [0.3, 0.4) is 0 Å². The van der Waals surface area contributed by atoms with Crippen molar-refractivity contribution in [1.29, 1.82) is 0 Å². The quantitative estimate of drug-likeness (QED) is 0.835. The van der Waals surface area contributed by atoms with Crippen LogP contribution >= 0.6 is 0 Å². The summed E-state index contributed by atoms with van der Waals surface area (Å²) in [6.45, 7) is 0. The number of nitrogens with one attached hydrogen (secondary N) is 1. The lowest BCUT2D eigenvalue weighted by molar-refractivity contribution is -0.116. The Morgan fingerprint density at radius 2 is 2.28 bits per heavy atom. The van der Waals surface area contributed by atoms with E-state index in [1.54, 1.807) is 16.9 Å². The van der Waals surface area contributed by atoms with Crippen molar-refractivity contribution in [1.82, 2.24) is 9.78 Å². The summed E-state index contributed by atoms with van der Waals surface area (Å²) in [7, 11) is 1.84. The maximum atomic E-state index is 13.2. The first-order valence-corrected chi connectivity index (χ1v) is 5.72. The highest BCUT2D eigenvalue weighted by molar-refractivity contribution is 5.95. The van der Waals surface area contributed by atoms with E-state index in [-0.39, 0.29) is 17.6 Å². The number of anilines is 1. The van der Waals surface area contributed by atoms with E-state index in [1.807, 2.05) is 13.1 Å². The van der Waals surface area contributed by atoms with Crippen LogP contribution in [0, 0.1) is 5.82 Å². The Kier molecular flexibility index (Phi) is 2.40. The minimum atomic E-state index is -0.347. The molecule has 0 bridgehead atoms. The van der Waals surface area contributed by atoms with Crippen molar-refractivity contribution in [3.63, 3.8) is 0 Å². The molecular weight excluding hydrogens is 233 g/mol. The third-order valence-corrected chi connectivity index (χ3v) is 3.27. The zero-order chi connectivity index (χ0) is 12.7. The molecule has 4 nitrogen and oxygen atoms in total. The topological polar surface area (TPSA) is 46.9 Å². The third kappa shape index (κ3) is 1.68. The van der Waals surface area contributed by atoms with Crippen LogP contribution in [0.15, 0.2) is 30.5 Å². The van der Waals surface area contributed by atoms with Gasteiger partial charge in [-0.3, -0.25) is 9.48 Å². The van der Waals surface area contributed by atoms with Crippen molar-refractivity contribution < 1.29 is 9.18 Å². The average Bonchev–Trinajstić information content (AvgIpc) is 2.73. The molecule has 1 aromatic carbocycles. The summed E-state index contributed by atoms with van der Waals surface area (Å²) in [5.41, 5.74) is 2.44. The molecule has 18 heavy (non-hydrogen) atoms. The Morgan fingerprint density at radius 3 is 3.00 bits per heavy atom. The summed E-state index contributed by atoms with van der Waals surface area (Å²) in [5.74, 6) is -0.513. The summed E-state index contributed by atoms with van der Waals surface area (Å²) in [6, 6.07) is 6.38. The van der Waals surface area contributed by atoms with E-state index in [1.165, 1.54) is 12.1 Å². The Morgan fingerprint density at radius 1 is 1.44 bits per heavy atom. The van der Waals surface area contributed by atoms with Gasteiger partial charge in [0.15, 0.2) is 0 Å². The lowest BCUT2D eigenvalue weighted by Gasteiger charge is -2.25. The zero-order valence-electron chi connectivity index (χ0n) is 9.85. The number of carbonyl (C=O) groups excluding carboxylic acids is 1. The SMILES string of the molecule is Cn1nccc1C1CC(=O)Nc2cc(F)ccc21. The number of hydrogen-bond donors (Lipinski definition) is 1. The normalized spacial score (nSPS) is 18.3. The fraction of sp³-hybridized carbons (Fsp3) is 0.231. The average molecular weight is 245 g/mol. The first-order chi connectivity index (χ1) is 8.65. The van der Waals surface area contributed by atoms with Gasteiger partial charge in [0, 0.05) is 37.0 Å². The molecule has 0 spiro atoms. The molecule has 5 heteroatoms. The van der Waals surface area contributed by atoms with Gasteiger partial charge in [0.1, 0.15) is 5.82 Å². The first kappa shape index (κ1) is 11.0. The predicted octanol–water partition coefficient (Wildman–Crippen LogP) is 2.03. The Labute approximate surface area is 103 Å². The lowest BCUT2D eigenvalue weighted by Crippen LogP contribution is -2.24. The van der Waals surface area contributed by atoms with E-state index in [0.29, 0.717) is 12.1 Å². The molecule has 1 aromatic heterocycles. The van der Waals surface area contributed by atoms with Crippen LogP contribution in [0.5, 0.6) is 0 Å². The minimum absolute atomic E-state index is 0.0677. The second kappa shape index (κ2) is 3.94. The van der Waals surface area contributed by atoms with Gasteiger partial charge in [-0.2, -0.15) is 5.10 Å². The minimum Gasteiger partial charge on any atom is -0.326 e. The molecule has 1 amide bonds. The maximum absolute atomic E-state index is 13.2. The fourth-order valence-electron chi connectivity index (χ4n) is 2.43. The van der Waals surface area contributed by atoms with E-state index in [2.05, 4.69) is 10.4 Å². The number of fused-ring (bicyclic) bond motifs is 1. The molecule has 3 rings (SSSR count). The van der Waals surface area contributed by atoms with Gasteiger partial charge >= 0.3 is 0 Å². The number of amides is 1. The highest BCUT2D eigenvalue weighted by Gasteiger charge is 2.28. The van der Waals surface area contributed by atoms with Gasteiger partial charge < -0.3 is 5.32 Å². The maximum Gasteiger partial charge on any atom is 0.225 e. The van der Waals surface area contributed by atoms with Gasteiger partial charge in [-0.25, -0.2) is 4.39 Å². The van der Waals surface area contributed by atoms with Crippen molar-refractivity contribution in [3.8, 4) is 0 Å². The van der Waals surface area contributed by atoms with E-state index in [9.17, 15) is 9.18 Å². The van der Waals surface area contributed by atoms with Crippen LogP contribution < -0.4 is 5.32 Å². The van der Waals surface area contributed by atoms with E-state index in [4.69, 9.17) is 0 Å². The second-order valence-electron chi connectivity index (χ2n) is 4.42. The van der Waals surface area contributed by atoms with Crippen LogP contribution in [-0.2, 0) is 11.8 Å².